The van der Waals surface area contributed by atoms with Crippen molar-refractivity contribution < 1.29 is 19.7 Å². The molecule has 3 aromatic rings. The maximum absolute atomic E-state index is 12.9. The summed E-state index contributed by atoms with van der Waals surface area (Å²) in [5, 5.41) is 34.6. The minimum atomic E-state index is -1.83. The summed E-state index contributed by atoms with van der Waals surface area (Å²) in [4.78, 5) is 8.95. The SMILES string of the molecule is COc1cncc2c1[C@]1(O)[C@H](O)C(CN3CCN(C)CC3)C(c3ccccc3)[C@]1(c1ccc(C#N)cc1)O2. The Hall–Kier alpha value is -3.48. The van der Waals surface area contributed by atoms with Gasteiger partial charge in [0.2, 0.25) is 0 Å². The zero-order valence-electron chi connectivity index (χ0n) is 21.6. The molecule has 1 saturated carbocycles. The van der Waals surface area contributed by atoms with Gasteiger partial charge in [-0.1, -0.05) is 42.5 Å². The molecular formula is C30H32N4O4. The number of hydrogen-bond acceptors (Lipinski definition) is 8. The summed E-state index contributed by atoms with van der Waals surface area (Å²) >= 11 is 0. The third kappa shape index (κ3) is 3.47. The second-order valence-electron chi connectivity index (χ2n) is 10.6. The van der Waals surface area contributed by atoms with E-state index in [1.807, 2.05) is 42.5 Å². The van der Waals surface area contributed by atoms with E-state index in [2.05, 4.69) is 27.9 Å². The minimum absolute atomic E-state index is 0.354. The van der Waals surface area contributed by atoms with E-state index < -0.39 is 23.2 Å². The van der Waals surface area contributed by atoms with Gasteiger partial charge < -0.3 is 29.5 Å². The normalized spacial score (nSPS) is 30.8. The fraction of sp³-hybridized carbons (Fsp3) is 0.400. The first-order valence-corrected chi connectivity index (χ1v) is 13.0. The summed E-state index contributed by atoms with van der Waals surface area (Å²) in [6, 6.07) is 19.3. The number of likely N-dealkylation sites (N-methyl/N-ethyl adjacent to an activating group) is 1. The van der Waals surface area contributed by atoms with Crippen LogP contribution in [0.5, 0.6) is 11.5 Å². The molecule has 0 bridgehead atoms. The summed E-state index contributed by atoms with van der Waals surface area (Å²) in [6.45, 7) is 4.26. The molecule has 8 heteroatoms. The number of hydrogen-bond donors (Lipinski definition) is 2. The van der Waals surface area contributed by atoms with Crippen LogP contribution < -0.4 is 9.47 Å². The van der Waals surface area contributed by atoms with Crippen LogP contribution in [0.2, 0.25) is 0 Å². The summed E-state index contributed by atoms with van der Waals surface area (Å²) < 4.78 is 12.5. The van der Waals surface area contributed by atoms with E-state index in [9.17, 15) is 15.5 Å². The van der Waals surface area contributed by atoms with Gasteiger partial charge in [-0.2, -0.15) is 5.26 Å². The van der Waals surface area contributed by atoms with Gasteiger partial charge in [0.15, 0.2) is 11.2 Å². The van der Waals surface area contributed by atoms with Crippen molar-refractivity contribution in [3.8, 4) is 17.6 Å². The number of rotatable bonds is 5. The highest BCUT2D eigenvalue weighted by Gasteiger charge is 2.76. The molecular weight excluding hydrogens is 480 g/mol. The van der Waals surface area contributed by atoms with Crippen molar-refractivity contribution in [2.24, 2.45) is 5.92 Å². The molecule has 2 fully saturated rings. The second kappa shape index (κ2) is 9.37. The number of benzene rings is 2. The van der Waals surface area contributed by atoms with E-state index in [0.717, 1.165) is 31.7 Å². The Morgan fingerprint density at radius 3 is 2.45 bits per heavy atom. The maximum atomic E-state index is 12.9. The molecule has 0 spiro atoms. The molecule has 196 valence electrons. The molecule has 2 aliphatic heterocycles. The molecule has 2 aromatic carbocycles. The molecule has 38 heavy (non-hydrogen) atoms. The molecule has 3 aliphatic rings. The van der Waals surface area contributed by atoms with Crippen LogP contribution in [-0.4, -0.2) is 78.0 Å². The molecule has 3 heterocycles. The number of methoxy groups -OCH3 is 1. The number of piperazine rings is 1. The van der Waals surface area contributed by atoms with Gasteiger partial charge >= 0.3 is 0 Å². The minimum Gasteiger partial charge on any atom is -0.495 e. The molecule has 2 N–H and O–H groups in total. The smallest absolute Gasteiger partial charge is 0.177 e. The third-order valence-electron chi connectivity index (χ3n) is 8.68. The number of nitriles is 1. The lowest BCUT2D eigenvalue weighted by Crippen LogP contribution is -2.52. The van der Waals surface area contributed by atoms with Crippen molar-refractivity contribution in [1.29, 1.82) is 5.26 Å². The Balaban J connectivity index is 1.59. The molecule has 6 rings (SSSR count). The van der Waals surface area contributed by atoms with Crippen molar-refractivity contribution in [3.63, 3.8) is 0 Å². The molecule has 0 amide bonds. The molecule has 1 aliphatic carbocycles. The Morgan fingerprint density at radius 2 is 1.79 bits per heavy atom. The van der Waals surface area contributed by atoms with Crippen LogP contribution in [0, 0.1) is 17.2 Å². The van der Waals surface area contributed by atoms with E-state index in [0.29, 0.717) is 34.7 Å². The van der Waals surface area contributed by atoms with Gasteiger partial charge in [-0.25, -0.2) is 0 Å². The Kier molecular flexibility index (Phi) is 6.12. The first kappa shape index (κ1) is 24.8. The molecule has 0 radical (unpaired) electrons. The average molecular weight is 513 g/mol. The number of nitrogens with zero attached hydrogens (tertiary/aromatic N) is 4. The lowest BCUT2D eigenvalue weighted by molar-refractivity contribution is -0.152. The number of aromatic nitrogens is 1. The van der Waals surface area contributed by atoms with Crippen molar-refractivity contribution in [2.75, 3.05) is 46.9 Å². The van der Waals surface area contributed by atoms with Gasteiger partial charge in [-0.15, -0.1) is 0 Å². The number of pyridine rings is 1. The monoisotopic (exact) mass is 512 g/mol. The van der Waals surface area contributed by atoms with Gasteiger partial charge in [0.1, 0.15) is 11.5 Å². The number of fused-ring (bicyclic) bond motifs is 3. The van der Waals surface area contributed by atoms with Crippen LogP contribution >= 0.6 is 0 Å². The van der Waals surface area contributed by atoms with E-state index in [1.165, 1.54) is 7.11 Å². The molecule has 5 atom stereocenters. The van der Waals surface area contributed by atoms with E-state index in [1.54, 1.807) is 24.5 Å². The predicted octanol–water partition coefficient (Wildman–Crippen LogP) is 2.46. The zero-order valence-corrected chi connectivity index (χ0v) is 21.6. The van der Waals surface area contributed by atoms with Crippen LogP contribution in [0.15, 0.2) is 67.0 Å². The van der Waals surface area contributed by atoms with Gasteiger partial charge in [0.25, 0.3) is 0 Å². The molecule has 1 saturated heterocycles. The molecule has 1 aromatic heterocycles. The first-order valence-electron chi connectivity index (χ1n) is 13.0. The van der Waals surface area contributed by atoms with Crippen molar-refractivity contribution in [1.82, 2.24) is 14.8 Å². The Morgan fingerprint density at radius 1 is 1.08 bits per heavy atom. The highest BCUT2D eigenvalue weighted by Crippen LogP contribution is 2.69. The Bertz CT molecular complexity index is 1350. The van der Waals surface area contributed by atoms with Crippen LogP contribution in [-0.2, 0) is 11.2 Å². The zero-order chi connectivity index (χ0) is 26.5. The second-order valence-corrected chi connectivity index (χ2v) is 10.6. The lowest BCUT2D eigenvalue weighted by atomic mass is 9.70. The molecule has 2 unspecified atom stereocenters. The third-order valence-corrected chi connectivity index (χ3v) is 8.68. The van der Waals surface area contributed by atoms with Crippen LogP contribution in [0.25, 0.3) is 0 Å². The maximum Gasteiger partial charge on any atom is 0.177 e. The van der Waals surface area contributed by atoms with Gasteiger partial charge in [0.05, 0.1) is 42.8 Å². The topological polar surface area (TPSA) is 102 Å². The van der Waals surface area contributed by atoms with Crippen LogP contribution in [0.4, 0.5) is 0 Å². The van der Waals surface area contributed by atoms with Crippen molar-refractivity contribution in [3.05, 3.63) is 89.2 Å². The van der Waals surface area contributed by atoms with Crippen molar-refractivity contribution in [2.45, 2.75) is 23.2 Å². The Labute approximate surface area is 222 Å². The van der Waals surface area contributed by atoms with Gasteiger partial charge in [-0.05, 0) is 30.3 Å². The van der Waals surface area contributed by atoms with E-state index in [4.69, 9.17) is 9.47 Å². The summed E-state index contributed by atoms with van der Waals surface area (Å²) in [5.41, 5.74) is -0.641. The fourth-order valence-electron chi connectivity index (χ4n) is 6.86. The highest BCUT2D eigenvalue weighted by atomic mass is 16.5. The van der Waals surface area contributed by atoms with Gasteiger partial charge in [-0.3, -0.25) is 4.98 Å². The first-order chi connectivity index (χ1) is 18.4. The quantitative estimate of drug-likeness (QED) is 0.538. The average Bonchev–Trinajstić information content (AvgIpc) is 3.33. The predicted molar refractivity (Wildman–Crippen MR) is 141 cm³/mol. The van der Waals surface area contributed by atoms with Gasteiger partial charge in [0, 0.05) is 44.6 Å². The number of ether oxygens (including phenoxy) is 2. The largest absolute Gasteiger partial charge is 0.495 e. The number of aliphatic hydroxyl groups excluding tert-OH is 1. The lowest BCUT2D eigenvalue weighted by Gasteiger charge is -2.41. The van der Waals surface area contributed by atoms with E-state index in [-0.39, 0.29) is 5.92 Å². The highest BCUT2D eigenvalue weighted by molar-refractivity contribution is 5.59. The summed E-state index contributed by atoms with van der Waals surface area (Å²) in [7, 11) is 3.65. The van der Waals surface area contributed by atoms with Crippen LogP contribution in [0.3, 0.4) is 0 Å². The standard InChI is InChI=1S/C30H32N4O4/c1-33-12-14-34(15-13-33)19-23-26(21-6-4-3-5-7-21)30(22-10-8-20(16-31)9-11-22)29(36,28(23)35)27-24(37-2)17-32-18-25(27)38-30/h3-11,17-18,23,26,28,35-36H,12-15,19H2,1-2H3/t23?,26?,28-,29+,30+/m1/s1. The fourth-order valence-corrected chi connectivity index (χ4v) is 6.86. The van der Waals surface area contributed by atoms with Crippen LogP contribution in [0.1, 0.15) is 28.2 Å². The summed E-state index contributed by atoms with van der Waals surface area (Å²) in [5.74, 6) is -0.0123. The summed E-state index contributed by atoms with van der Waals surface area (Å²) in [6.07, 6.45) is 1.96. The molecule has 8 nitrogen and oxygen atoms in total. The van der Waals surface area contributed by atoms with Crippen molar-refractivity contribution >= 4 is 0 Å². The number of aliphatic hydroxyl groups is 2. The van der Waals surface area contributed by atoms with E-state index >= 15 is 0 Å².